The fourth-order valence-corrected chi connectivity index (χ4v) is 14.7. The van der Waals surface area contributed by atoms with Crippen LogP contribution >= 0.6 is 0 Å². The van der Waals surface area contributed by atoms with Crippen LogP contribution in [0.1, 0.15) is 203 Å². The zero-order valence-electron chi connectivity index (χ0n) is 76.8. The van der Waals surface area contributed by atoms with E-state index in [1.54, 1.807) is 61.7 Å². The molecule has 0 spiro atoms. The maximum atomic E-state index is 15.1. The third-order valence-corrected chi connectivity index (χ3v) is 23.1. The van der Waals surface area contributed by atoms with Crippen molar-refractivity contribution in [1.82, 2.24) is 79.4 Å². The van der Waals surface area contributed by atoms with Gasteiger partial charge in [-0.15, -0.1) is 0 Å². The summed E-state index contributed by atoms with van der Waals surface area (Å²) in [6, 6.07) is 7.26. The quantitative estimate of drug-likeness (QED) is 0.0225. The first-order valence-electron chi connectivity index (χ1n) is 44.9. The fraction of sp³-hybridized carbons (Fsp3) is 0.591. The number of fused-ring (bicyclic) bond motifs is 1. The van der Waals surface area contributed by atoms with Gasteiger partial charge in [-0.2, -0.15) is 0 Å². The minimum Gasteiger partial charge on any atom is -0.508 e. The number of amides is 9. The number of ketones is 7. The highest BCUT2D eigenvalue weighted by Gasteiger charge is 2.42. The third-order valence-electron chi connectivity index (χ3n) is 23.1. The van der Waals surface area contributed by atoms with Crippen LogP contribution in [0.15, 0.2) is 97.2 Å². The third kappa shape index (κ3) is 38.1. The zero-order chi connectivity index (χ0) is 95.7. The highest BCUT2D eigenvalue weighted by molar-refractivity contribution is 6.06. The van der Waals surface area contributed by atoms with Gasteiger partial charge in [-0.05, 0) is 166 Å². The van der Waals surface area contributed by atoms with E-state index in [9.17, 15) is 77.6 Å². The average molecular weight is 1800 g/mol. The number of nitrogens with one attached hydrogen (secondary N) is 15. The molecule has 2 heterocycles. The molecular weight excluding hydrogens is 1660 g/mol. The van der Waals surface area contributed by atoms with Crippen molar-refractivity contribution in [2.45, 2.75) is 295 Å². The summed E-state index contributed by atoms with van der Waals surface area (Å²) in [7, 11) is 0. The summed E-state index contributed by atoms with van der Waals surface area (Å²) < 4.78 is 0. The molecule has 0 fully saturated rings. The van der Waals surface area contributed by atoms with Crippen molar-refractivity contribution in [2.24, 2.45) is 23.3 Å². The first-order valence-corrected chi connectivity index (χ1v) is 44.9. The first-order chi connectivity index (χ1) is 61.1. The number of allylic oxidation sites excluding steroid dienone is 2. The van der Waals surface area contributed by atoms with Crippen molar-refractivity contribution in [3.8, 4) is 5.75 Å². The Morgan fingerprint density at radius 2 is 1.22 bits per heavy atom. The Morgan fingerprint density at radius 1 is 0.574 bits per heavy atom. The molecule has 0 bridgehead atoms. The standard InChI is InChI=1S/C93H141N17O19/c1-55(2)31-36-70-88(126)110-93(12,91(129)107-75(53-111)81(120)51-97-57(5)76(115)39-42-96-59(7)79(118)48-94)41-26-19-17-15-13-14-16-18-25-40-92(11,109-89(127)74(45-63-27-21-20-22-28-63)106-90(128)84(61(9)112)108-87(125)73(43-56(3)4)103-62(10)113)82(121)52-98-60(8)80(119)50-100-72(44-64-32-34-66(114)35-33-64)86(124)105-71(46-65-49-99-68-30-24-23-29-67(65)68)78(117)47-77(116)58(6)101-54-102-69(85(123)104-70)37-38-83(95)122/h15,17,20-24,27-30,32-35,49,55-61,69-75,84,96-102,111-112,114H,13-14,16,18-19,25-26,31,36-48,50-54,94H2,1-12H3,(H2,95,122)(H,103,113)(H,104,123)(H,105,124)(H,106,128)(H,107,129)(H,108,125)(H,109,127)(H,110,126)/b17-15-/t57-,58-,59-,60-,61+,69-,70-,71-,72-,73-,74-,75-,84-,92+,93-/m0/s1. The second kappa shape index (κ2) is 55.4. The molecule has 0 aliphatic carbocycles. The van der Waals surface area contributed by atoms with E-state index in [2.05, 4.69) is 79.4 Å². The van der Waals surface area contributed by atoms with Crippen molar-refractivity contribution in [3.05, 3.63) is 114 Å². The number of carbonyl (C=O) groups is 16. The molecule has 712 valence electrons. The number of phenols is 1. The number of primary amides is 1. The number of hydrogen-bond donors (Lipinski definition) is 20. The second-order valence-electron chi connectivity index (χ2n) is 35.1. The Hall–Kier alpha value is -10.7. The summed E-state index contributed by atoms with van der Waals surface area (Å²) in [6.07, 6.45) is 6.28. The van der Waals surface area contributed by atoms with Crippen molar-refractivity contribution >= 4 is 105 Å². The molecule has 1 aliphatic rings. The fourth-order valence-electron chi connectivity index (χ4n) is 14.7. The Labute approximate surface area is 756 Å². The van der Waals surface area contributed by atoms with Crippen LogP contribution in [0, 0.1) is 11.8 Å². The van der Waals surface area contributed by atoms with Crippen LogP contribution in [-0.2, 0) is 96.0 Å². The molecular formula is C93H141N17O19. The van der Waals surface area contributed by atoms with Gasteiger partial charge in [-0.3, -0.25) is 92.7 Å². The Morgan fingerprint density at radius 3 is 1.87 bits per heavy atom. The van der Waals surface area contributed by atoms with Crippen molar-refractivity contribution in [3.63, 3.8) is 0 Å². The number of phenolic OH excluding ortho intramolecular Hbond substituents is 1. The van der Waals surface area contributed by atoms with E-state index in [0.29, 0.717) is 67.2 Å². The van der Waals surface area contributed by atoms with Gasteiger partial charge in [0.1, 0.15) is 41.5 Å². The molecule has 3 aromatic carbocycles. The van der Waals surface area contributed by atoms with Crippen LogP contribution in [0.5, 0.6) is 5.75 Å². The van der Waals surface area contributed by atoms with Gasteiger partial charge in [0, 0.05) is 62.9 Å². The number of aliphatic hydroxyl groups excluding tert-OH is 2. The molecule has 4 aromatic rings. The normalized spacial score (nSPS) is 22.7. The zero-order valence-corrected chi connectivity index (χ0v) is 76.8. The minimum absolute atomic E-state index is 0.00995. The highest BCUT2D eigenvalue weighted by Crippen LogP contribution is 2.24. The molecule has 36 nitrogen and oxygen atoms in total. The lowest BCUT2D eigenvalue weighted by molar-refractivity contribution is -0.137. The number of hydrogen-bond acceptors (Lipinski definition) is 26. The molecule has 22 N–H and O–H groups in total. The van der Waals surface area contributed by atoms with Crippen LogP contribution in [0.4, 0.5) is 0 Å². The van der Waals surface area contributed by atoms with Crippen molar-refractivity contribution in [1.29, 1.82) is 0 Å². The van der Waals surface area contributed by atoms with E-state index in [-0.39, 0.29) is 120 Å². The number of aliphatic hydroxyl groups is 2. The maximum absolute atomic E-state index is 15.1. The Balaban J connectivity index is 1.54. The molecule has 0 radical (unpaired) electrons. The van der Waals surface area contributed by atoms with Crippen LogP contribution < -0.4 is 85.9 Å². The van der Waals surface area contributed by atoms with Gasteiger partial charge >= 0.3 is 0 Å². The SMILES string of the molecule is CC(=O)N[C@@H](CC(C)C)C(=O)N[C@H](C(=O)N[C@@H](Cc1ccccc1)C(=O)N[C@]1(C)CCCCCC/C=C\CCC[C@@](C)(C(=O)N[C@@H](CO)C(=O)CN[C@@H](C)C(=O)CCN[C@@H](C)C(=O)CN)NC(=O)[C@H](CCC(C)C)NC(=O)[C@H](CCC(N)=O)NCN[C@@H](C)C(=O)CC(=O)[C@H](Cc2c[nH]c3ccccc23)NC(=O)[C@H](Cc2ccc(O)cc2)NCC(=O)[C@H](C)NCC1=O)[C@@H](C)O. The van der Waals surface area contributed by atoms with Crippen LogP contribution in [0.3, 0.4) is 0 Å². The topological polar surface area (TPSA) is 570 Å². The lowest BCUT2D eigenvalue weighted by Gasteiger charge is -2.33. The number of rotatable bonds is 36. The number of aromatic amines is 1. The van der Waals surface area contributed by atoms with Gasteiger partial charge in [-0.25, -0.2) is 0 Å². The Kier molecular flexibility index (Phi) is 46.7. The predicted molar refractivity (Wildman–Crippen MR) is 488 cm³/mol. The van der Waals surface area contributed by atoms with Crippen molar-refractivity contribution < 1.29 is 92.0 Å². The number of H-pyrrole nitrogens is 1. The first kappa shape index (κ1) is 109. The molecule has 0 unspecified atom stereocenters. The lowest BCUT2D eigenvalue weighted by atomic mass is 9.88. The van der Waals surface area contributed by atoms with Crippen LogP contribution in [0.2, 0.25) is 0 Å². The summed E-state index contributed by atoms with van der Waals surface area (Å²) in [5.41, 5.74) is 9.97. The number of aromatic hydroxyl groups is 1. The predicted octanol–water partition coefficient (Wildman–Crippen LogP) is 1.29. The summed E-state index contributed by atoms with van der Waals surface area (Å²) in [5.74, 6) is -10.9. The van der Waals surface area contributed by atoms with Gasteiger partial charge in [0.05, 0.1) is 93.1 Å². The summed E-state index contributed by atoms with van der Waals surface area (Å²) >= 11 is 0. The van der Waals surface area contributed by atoms with Gasteiger partial charge in [-0.1, -0.05) is 120 Å². The van der Waals surface area contributed by atoms with E-state index in [1.807, 2.05) is 58.0 Å². The van der Waals surface area contributed by atoms with Gasteiger partial charge < -0.3 is 90.3 Å². The summed E-state index contributed by atoms with van der Waals surface area (Å²) in [5, 5.41) is 72.4. The number of Topliss-reactive ketones (excluding diaryl/α,β-unsaturated/α-hetero) is 7. The van der Waals surface area contributed by atoms with E-state index < -0.39 is 204 Å². The summed E-state index contributed by atoms with van der Waals surface area (Å²) in [4.78, 5) is 228. The van der Waals surface area contributed by atoms with E-state index in [4.69, 9.17) is 11.5 Å². The molecule has 15 atom stereocenters. The maximum Gasteiger partial charge on any atom is 0.246 e. The number of aromatic nitrogens is 1. The van der Waals surface area contributed by atoms with Gasteiger partial charge in [0.2, 0.25) is 53.2 Å². The largest absolute Gasteiger partial charge is 0.508 e. The van der Waals surface area contributed by atoms with E-state index >= 15 is 14.4 Å². The van der Waals surface area contributed by atoms with Gasteiger partial charge in [0.25, 0.3) is 0 Å². The molecule has 36 heteroatoms. The van der Waals surface area contributed by atoms with Gasteiger partial charge in [0.15, 0.2) is 40.5 Å². The highest BCUT2D eigenvalue weighted by atomic mass is 16.3. The molecule has 0 saturated carbocycles. The number of carbonyl (C=O) groups excluding carboxylic acids is 16. The second-order valence-corrected chi connectivity index (χ2v) is 35.1. The monoisotopic (exact) mass is 1800 g/mol. The molecule has 5 rings (SSSR count). The lowest BCUT2D eigenvalue weighted by Crippen LogP contribution is -2.63. The Bertz CT molecular complexity index is 4430. The van der Waals surface area contributed by atoms with Crippen LogP contribution in [0.25, 0.3) is 10.9 Å². The molecule has 129 heavy (non-hydrogen) atoms. The smallest absolute Gasteiger partial charge is 0.246 e. The minimum atomic E-state index is -1.85. The van der Waals surface area contributed by atoms with Crippen molar-refractivity contribution in [2.75, 3.05) is 46.0 Å². The van der Waals surface area contributed by atoms with Crippen LogP contribution in [-0.4, -0.2) is 250 Å². The summed E-state index contributed by atoms with van der Waals surface area (Å²) in [6.45, 7) is 16.4. The molecule has 1 aliphatic heterocycles. The number of benzene rings is 3. The van der Waals surface area contributed by atoms with E-state index in [1.165, 1.54) is 60.6 Å². The average Bonchev–Trinajstić information content (AvgIpc) is 1.81. The molecule has 9 amide bonds. The number of para-hydroxylation sites is 1. The number of nitrogens with two attached hydrogens (primary N) is 2. The molecule has 0 saturated heterocycles. The molecule has 1 aromatic heterocycles. The van der Waals surface area contributed by atoms with E-state index in [0.717, 1.165) is 5.39 Å².